The third-order valence-corrected chi connectivity index (χ3v) is 6.39. The van der Waals surface area contributed by atoms with Crippen LogP contribution in [0.2, 0.25) is 0 Å². The Balaban J connectivity index is 1.70. The van der Waals surface area contributed by atoms with Crippen LogP contribution in [-0.4, -0.2) is 67.8 Å². The summed E-state index contributed by atoms with van der Waals surface area (Å²) >= 11 is 0. The molecule has 1 fully saturated rings. The van der Waals surface area contributed by atoms with Gasteiger partial charge in [0.05, 0.1) is 6.04 Å². The molecule has 196 valence electrons. The number of carbonyl (C=O) groups is 2. The molecule has 1 aliphatic heterocycles. The minimum absolute atomic E-state index is 0.103. The number of alkyl carbamates (subject to hydrolysis) is 1. The van der Waals surface area contributed by atoms with Crippen molar-refractivity contribution in [3.8, 4) is 0 Å². The summed E-state index contributed by atoms with van der Waals surface area (Å²) in [5.41, 5.74) is 1.88. The lowest BCUT2D eigenvalue weighted by Crippen LogP contribution is -2.48. The van der Waals surface area contributed by atoms with Crippen LogP contribution in [0, 0.1) is 0 Å². The molecule has 3 rings (SSSR count). The summed E-state index contributed by atoms with van der Waals surface area (Å²) in [6.07, 6.45) is 1.79. The predicted molar refractivity (Wildman–Crippen MR) is 144 cm³/mol. The average molecular weight is 495 g/mol. The zero-order valence-electron chi connectivity index (χ0n) is 22.1. The Kier molecular flexibility index (Phi) is 10.3. The maximum Gasteiger partial charge on any atom is 0.407 e. The summed E-state index contributed by atoms with van der Waals surface area (Å²) < 4.78 is 5.32. The molecule has 0 aliphatic carbocycles. The number of likely N-dealkylation sites (N-methyl/N-ethyl adjacent to an activating group) is 1. The second kappa shape index (κ2) is 13.4. The number of benzene rings is 2. The summed E-state index contributed by atoms with van der Waals surface area (Å²) in [5, 5.41) is 9.63. The molecule has 3 N–H and O–H groups in total. The largest absolute Gasteiger partial charge is 0.444 e. The minimum Gasteiger partial charge on any atom is -0.444 e. The van der Waals surface area contributed by atoms with Gasteiger partial charge in [0.25, 0.3) is 0 Å². The number of ether oxygens (including phenoxy) is 1. The molecule has 0 aromatic heterocycles. The van der Waals surface area contributed by atoms with Crippen LogP contribution in [0.4, 0.5) is 4.79 Å². The average Bonchev–Trinajstić information content (AvgIpc) is 2.99. The molecule has 2 amide bonds. The Morgan fingerprint density at radius 1 is 1.08 bits per heavy atom. The fourth-order valence-electron chi connectivity index (χ4n) is 4.68. The normalized spacial score (nSPS) is 18.7. The van der Waals surface area contributed by atoms with E-state index in [2.05, 4.69) is 64.5 Å². The highest BCUT2D eigenvalue weighted by Crippen LogP contribution is 2.27. The number of nitrogens with zero attached hydrogens (tertiary/aromatic N) is 1. The quantitative estimate of drug-likeness (QED) is 0.437. The zero-order chi connectivity index (χ0) is 26.0. The third-order valence-electron chi connectivity index (χ3n) is 6.39. The van der Waals surface area contributed by atoms with E-state index in [-0.39, 0.29) is 23.9 Å². The molecule has 0 unspecified atom stereocenters. The van der Waals surface area contributed by atoms with Gasteiger partial charge in [-0.1, -0.05) is 60.7 Å². The van der Waals surface area contributed by atoms with Crippen LogP contribution in [0.1, 0.15) is 57.1 Å². The van der Waals surface area contributed by atoms with Crippen LogP contribution in [0.5, 0.6) is 0 Å². The van der Waals surface area contributed by atoms with Crippen LogP contribution >= 0.6 is 0 Å². The first kappa shape index (κ1) is 27.7. The van der Waals surface area contributed by atoms with Gasteiger partial charge in [-0.25, -0.2) is 4.79 Å². The van der Waals surface area contributed by atoms with E-state index in [1.54, 1.807) is 0 Å². The molecule has 2 aromatic carbocycles. The highest BCUT2D eigenvalue weighted by atomic mass is 16.6. The molecule has 2 atom stereocenters. The van der Waals surface area contributed by atoms with Crippen LogP contribution in [0.15, 0.2) is 60.7 Å². The van der Waals surface area contributed by atoms with Gasteiger partial charge in [0, 0.05) is 38.1 Å². The second-order valence-corrected chi connectivity index (χ2v) is 10.5. The first-order valence-electron chi connectivity index (χ1n) is 13.0. The summed E-state index contributed by atoms with van der Waals surface area (Å²) in [4.78, 5) is 27.7. The van der Waals surface area contributed by atoms with E-state index in [4.69, 9.17) is 4.74 Å². The van der Waals surface area contributed by atoms with Crippen molar-refractivity contribution in [1.82, 2.24) is 20.9 Å². The Labute approximate surface area is 216 Å². The van der Waals surface area contributed by atoms with Crippen molar-refractivity contribution >= 4 is 12.0 Å². The van der Waals surface area contributed by atoms with Crippen LogP contribution < -0.4 is 16.0 Å². The van der Waals surface area contributed by atoms with Gasteiger partial charge in [0.15, 0.2) is 0 Å². The van der Waals surface area contributed by atoms with Gasteiger partial charge in [-0.05, 0) is 58.2 Å². The van der Waals surface area contributed by atoms with E-state index in [0.29, 0.717) is 32.5 Å². The predicted octanol–water partition coefficient (Wildman–Crippen LogP) is 3.90. The summed E-state index contributed by atoms with van der Waals surface area (Å²) in [6, 6.07) is 20.8. The molecular weight excluding hydrogens is 452 g/mol. The van der Waals surface area contributed by atoms with E-state index in [0.717, 1.165) is 13.0 Å². The van der Waals surface area contributed by atoms with E-state index in [9.17, 15) is 9.59 Å². The van der Waals surface area contributed by atoms with Gasteiger partial charge in [0.2, 0.25) is 5.91 Å². The number of nitrogens with one attached hydrogen (secondary N) is 3. The van der Waals surface area contributed by atoms with Gasteiger partial charge in [0.1, 0.15) is 5.60 Å². The molecule has 0 saturated carbocycles. The molecule has 0 spiro atoms. The smallest absolute Gasteiger partial charge is 0.407 e. The summed E-state index contributed by atoms with van der Waals surface area (Å²) in [6.45, 7) is 8.14. The van der Waals surface area contributed by atoms with Gasteiger partial charge in [-0.3, -0.25) is 4.79 Å². The van der Waals surface area contributed by atoms with E-state index in [1.165, 1.54) is 11.1 Å². The Morgan fingerprint density at radius 2 is 1.69 bits per heavy atom. The highest BCUT2D eigenvalue weighted by Gasteiger charge is 2.32. The molecule has 0 radical (unpaired) electrons. The lowest BCUT2D eigenvalue weighted by atomic mass is 9.90. The van der Waals surface area contributed by atoms with Crippen LogP contribution in [0.3, 0.4) is 0 Å². The lowest BCUT2D eigenvalue weighted by molar-refractivity contribution is -0.133. The van der Waals surface area contributed by atoms with Gasteiger partial charge < -0.3 is 25.6 Å². The number of hydrogen-bond acceptors (Lipinski definition) is 5. The maximum absolute atomic E-state index is 13.7. The number of carbonyl (C=O) groups excluding carboxylic acids is 2. The number of rotatable bonds is 10. The lowest BCUT2D eigenvalue weighted by Gasteiger charge is -2.29. The van der Waals surface area contributed by atoms with Crippen molar-refractivity contribution in [1.29, 1.82) is 0 Å². The van der Waals surface area contributed by atoms with Crippen molar-refractivity contribution in [2.45, 2.75) is 63.6 Å². The maximum atomic E-state index is 13.7. The first-order chi connectivity index (χ1) is 17.3. The molecule has 7 heteroatoms. The van der Waals surface area contributed by atoms with Gasteiger partial charge >= 0.3 is 6.09 Å². The van der Waals surface area contributed by atoms with Crippen molar-refractivity contribution in [3.63, 3.8) is 0 Å². The van der Waals surface area contributed by atoms with E-state index < -0.39 is 11.7 Å². The third kappa shape index (κ3) is 8.64. The Hall–Kier alpha value is -2.90. The molecule has 2 aromatic rings. The van der Waals surface area contributed by atoms with Crippen LogP contribution in [0.25, 0.3) is 0 Å². The minimum atomic E-state index is -0.530. The van der Waals surface area contributed by atoms with Crippen LogP contribution in [-0.2, 0) is 9.53 Å². The molecule has 1 aliphatic rings. The standard InChI is InChI=1S/C29H42N4O3/c1-29(2,3)36-28(35)31-18-11-16-26-27(34)33(19-17-24(32-26)20-30-4)21-25(22-12-7-5-8-13-22)23-14-9-6-10-15-23/h5-10,12-15,24-26,30,32H,11,16-21H2,1-4H3,(H,31,35)/t24-,26-/m0/s1. The van der Waals surface area contributed by atoms with Gasteiger partial charge in [-0.15, -0.1) is 0 Å². The first-order valence-corrected chi connectivity index (χ1v) is 13.0. The summed E-state index contributed by atoms with van der Waals surface area (Å²) in [5.74, 6) is 0.231. The number of hydrogen-bond donors (Lipinski definition) is 3. The second-order valence-electron chi connectivity index (χ2n) is 10.5. The van der Waals surface area contributed by atoms with Crippen molar-refractivity contribution in [2.24, 2.45) is 0 Å². The SMILES string of the molecule is CNC[C@@H]1CCN(CC(c2ccccc2)c2ccccc2)C(=O)[C@H](CCCNC(=O)OC(C)(C)C)N1. The highest BCUT2D eigenvalue weighted by molar-refractivity contribution is 5.82. The molecule has 1 saturated heterocycles. The number of amides is 2. The van der Waals surface area contributed by atoms with Crippen molar-refractivity contribution in [2.75, 3.05) is 33.2 Å². The van der Waals surface area contributed by atoms with Crippen molar-refractivity contribution < 1.29 is 14.3 Å². The Bertz CT molecular complexity index is 906. The Morgan fingerprint density at radius 3 is 2.25 bits per heavy atom. The molecular formula is C29H42N4O3. The fraction of sp³-hybridized carbons (Fsp3) is 0.517. The monoisotopic (exact) mass is 494 g/mol. The topological polar surface area (TPSA) is 82.7 Å². The molecule has 1 heterocycles. The van der Waals surface area contributed by atoms with Crippen molar-refractivity contribution in [3.05, 3.63) is 71.8 Å². The zero-order valence-corrected chi connectivity index (χ0v) is 22.1. The molecule has 0 bridgehead atoms. The summed E-state index contributed by atoms with van der Waals surface area (Å²) in [7, 11) is 1.94. The fourth-order valence-corrected chi connectivity index (χ4v) is 4.68. The molecule has 7 nitrogen and oxygen atoms in total. The van der Waals surface area contributed by atoms with Gasteiger partial charge in [-0.2, -0.15) is 0 Å². The van der Waals surface area contributed by atoms with E-state index >= 15 is 0 Å². The molecule has 36 heavy (non-hydrogen) atoms. The van der Waals surface area contributed by atoms with E-state index in [1.807, 2.05) is 44.9 Å².